The molecule has 4 fully saturated rings. The molecule has 3 aliphatic carbocycles. The molecule has 1 saturated heterocycles. The zero-order chi connectivity index (χ0) is 14.0. The second kappa shape index (κ2) is 4.22. The molecule has 4 heteroatoms. The van der Waals surface area contributed by atoms with Gasteiger partial charge in [-0.1, -0.05) is 27.7 Å². The van der Waals surface area contributed by atoms with Crippen molar-refractivity contribution in [3.63, 3.8) is 0 Å². The molecule has 5 atom stereocenters. The van der Waals surface area contributed by atoms with Gasteiger partial charge in [-0.25, -0.2) is 0 Å². The molecule has 108 valence electrons. The van der Waals surface area contributed by atoms with Crippen molar-refractivity contribution in [1.29, 1.82) is 0 Å². The quantitative estimate of drug-likeness (QED) is 0.798. The van der Waals surface area contributed by atoms with Gasteiger partial charge in [-0.2, -0.15) is 0 Å². The Bertz CT molecular complexity index is 373. The largest absolute Gasteiger partial charge is 0.475 e. The van der Waals surface area contributed by atoms with Crippen molar-refractivity contribution in [2.45, 2.75) is 71.5 Å². The number of hydrogen-bond acceptors (Lipinski definition) is 3. The first-order valence-electron chi connectivity index (χ1n) is 7.83. The molecule has 0 aromatic rings. The summed E-state index contributed by atoms with van der Waals surface area (Å²) in [5.41, 5.74) is 6.60. The third kappa shape index (κ3) is 1.98. The highest BCUT2D eigenvalue weighted by molar-refractivity contribution is 6.47. The standard InChI is InChI=1S/C15H28BNO2/c1-9(2)6-12(17)16-18-13-11-7-10(14(11,3)4)8-15(13,5)19-16/h9-13H,6-8,17H2,1-5H3/t10-,11+,12+,13-,15-/m1/s1. The van der Waals surface area contributed by atoms with Gasteiger partial charge in [-0.15, -0.1) is 0 Å². The summed E-state index contributed by atoms with van der Waals surface area (Å²) < 4.78 is 12.5. The summed E-state index contributed by atoms with van der Waals surface area (Å²) in [6.07, 6.45) is 3.65. The van der Waals surface area contributed by atoms with Crippen molar-refractivity contribution >= 4 is 7.12 Å². The van der Waals surface area contributed by atoms with Gasteiger partial charge in [0.15, 0.2) is 0 Å². The summed E-state index contributed by atoms with van der Waals surface area (Å²) in [5.74, 6) is 2.03. The highest BCUT2D eigenvalue weighted by Crippen LogP contribution is 2.64. The lowest BCUT2D eigenvalue weighted by Gasteiger charge is -2.63. The molecule has 1 heterocycles. The van der Waals surface area contributed by atoms with Crippen LogP contribution in [0.5, 0.6) is 0 Å². The molecular weight excluding hydrogens is 237 g/mol. The average molecular weight is 265 g/mol. The van der Waals surface area contributed by atoms with E-state index in [-0.39, 0.29) is 24.8 Å². The van der Waals surface area contributed by atoms with Gasteiger partial charge in [-0.3, -0.25) is 0 Å². The minimum Gasteiger partial charge on any atom is -0.404 e. The predicted molar refractivity (Wildman–Crippen MR) is 77.5 cm³/mol. The van der Waals surface area contributed by atoms with Crippen molar-refractivity contribution in [2.75, 3.05) is 0 Å². The Morgan fingerprint density at radius 3 is 2.58 bits per heavy atom. The zero-order valence-corrected chi connectivity index (χ0v) is 13.0. The van der Waals surface area contributed by atoms with Crippen molar-refractivity contribution in [3.05, 3.63) is 0 Å². The Morgan fingerprint density at radius 2 is 2.00 bits per heavy atom. The van der Waals surface area contributed by atoms with Crippen LogP contribution in [0.4, 0.5) is 0 Å². The molecule has 4 rings (SSSR count). The number of nitrogens with two attached hydrogens (primary N) is 1. The van der Waals surface area contributed by atoms with E-state index >= 15 is 0 Å². The van der Waals surface area contributed by atoms with Gasteiger partial charge in [0.05, 0.1) is 11.7 Å². The van der Waals surface area contributed by atoms with E-state index in [1.165, 1.54) is 6.42 Å². The SMILES string of the molecule is CC(C)C[C@H](N)B1O[C@@H]2[C@@H]3C[C@H](C[C@@]2(C)O1)C3(C)C. The second-order valence-electron chi connectivity index (χ2n) is 8.21. The molecule has 3 saturated carbocycles. The van der Waals surface area contributed by atoms with E-state index in [9.17, 15) is 0 Å². The van der Waals surface area contributed by atoms with Crippen molar-refractivity contribution in [2.24, 2.45) is 28.9 Å². The molecule has 0 radical (unpaired) electrons. The van der Waals surface area contributed by atoms with Gasteiger partial charge in [0.1, 0.15) is 0 Å². The second-order valence-corrected chi connectivity index (χ2v) is 8.21. The first-order valence-corrected chi connectivity index (χ1v) is 7.83. The Labute approximate surface area is 117 Å². The van der Waals surface area contributed by atoms with E-state index in [0.29, 0.717) is 17.3 Å². The first-order chi connectivity index (χ1) is 8.74. The van der Waals surface area contributed by atoms with Crippen LogP contribution >= 0.6 is 0 Å². The Kier molecular flexibility index (Phi) is 3.09. The van der Waals surface area contributed by atoms with Gasteiger partial charge < -0.3 is 15.0 Å². The van der Waals surface area contributed by atoms with Crippen LogP contribution in [0, 0.1) is 23.2 Å². The van der Waals surface area contributed by atoms with Crippen LogP contribution in [0.1, 0.15) is 53.9 Å². The molecule has 2 bridgehead atoms. The zero-order valence-electron chi connectivity index (χ0n) is 13.0. The van der Waals surface area contributed by atoms with E-state index in [4.69, 9.17) is 15.0 Å². The van der Waals surface area contributed by atoms with E-state index in [1.807, 2.05) is 0 Å². The average Bonchev–Trinajstić information content (AvgIpc) is 2.64. The molecule has 0 unspecified atom stereocenters. The topological polar surface area (TPSA) is 44.5 Å². The summed E-state index contributed by atoms with van der Waals surface area (Å²) >= 11 is 0. The minimum atomic E-state index is -0.201. The molecule has 1 aliphatic heterocycles. The summed E-state index contributed by atoms with van der Waals surface area (Å²) in [4.78, 5) is 0. The van der Waals surface area contributed by atoms with E-state index in [1.54, 1.807) is 0 Å². The lowest BCUT2D eigenvalue weighted by Crippen LogP contribution is -2.63. The van der Waals surface area contributed by atoms with E-state index < -0.39 is 0 Å². The molecule has 0 amide bonds. The number of rotatable bonds is 3. The van der Waals surface area contributed by atoms with Crippen LogP contribution in [0.25, 0.3) is 0 Å². The maximum Gasteiger partial charge on any atom is 0.475 e. The summed E-state index contributed by atoms with van der Waals surface area (Å²) in [5, 5.41) is 0. The molecule has 0 aromatic heterocycles. The van der Waals surface area contributed by atoms with Crippen molar-refractivity contribution in [3.8, 4) is 0 Å². The van der Waals surface area contributed by atoms with Gasteiger partial charge in [0, 0.05) is 5.94 Å². The van der Waals surface area contributed by atoms with Crippen molar-refractivity contribution in [1.82, 2.24) is 0 Å². The lowest BCUT2D eigenvalue weighted by atomic mass is 9.45. The highest BCUT2D eigenvalue weighted by atomic mass is 16.7. The number of hydrogen-bond donors (Lipinski definition) is 1. The summed E-state index contributed by atoms with van der Waals surface area (Å²) in [7, 11) is -0.201. The van der Waals surface area contributed by atoms with Gasteiger partial charge in [-0.05, 0) is 49.4 Å². The third-order valence-electron chi connectivity index (χ3n) is 5.92. The molecule has 0 aromatic carbocycles. The smallest absolute Gasteiger partial charge is 0.404 e. The van der Waals surface area contributed by atoms with Crippen LogP contribution in [-0.2, 0) is 9.31 Å². The monoisotopic (exact) mass is 265 g/mol. The third-order valence-corrected chi connectivity index (χ3v) is 5.92. The fraction of sp³-hybridized carbons (Fsp3) is 1.00. The molecule has 4 aliphatic rings. The van der Waals surface area contributed by atoms with Crippen LogP contribution in [-0.4, -0.2) is 24.8 Å². The normalized spacial score (nSPS) is 45.0. The van der Waals surface area contributed by atoms with E-state index in [0.717, 1.165) is 18.8 Å². The van der Waals surface area contributed by atoms with Crippen LogP contribution in [0.3, 0.4) is 0 Å². The van der Waals surface area contributed by atoms with E-state index in [2.05, 4.69) is 34.6 Å². The first kappa shape index (κ1) is 13.9. The fourth-order valence-electron chi connectivity index (χ4n) is 4.58. The summed E-state index contributed by atoms with van der Waals surface area (Å²) in [6.45, 7) is 11.4. The predicted octanol–water partition coefficient (Wildman–Crippen LogP) is 2.63. The highest BCUT2D eigenvalue weighted by Gasteiger charge is 2.67. The van der Waals surface area contributed by atoms with Crippen LogP contribution in [0.2, 0.25) is 0 Å². The van der Waals surface area contributed by atoms with Crippen molar-refractivity contribution < 1.29 is 9.31 Å². The van der Waals surface area contributed by atoms with Crippen LogP contribution in [0.15, 0.2) is 0 Å². The molecule has 3 nitrogen and oxygen atoms in total. The van der Waals surface area contributed by atoms with Gasteiger partial charge in [0.2, 0.25) is 0 Å². The van der Waals surface area contributed by atoms with Crippen LogP contribution < -0.4 is 5.73 Å². The van der Waals surface area contributed by atoms with Gasteiger partial charge >= 0.3 is 7.12 Å². The fourth-order valence-corrected chi connectivity index (χ4v) is 4.58. The Hall–Kier alpha value is -0.0551. The van der Waals surface area contributed by atoms with Gasteiger partial charge in [0.25, 0.3) is 0 Å². The Balaban J connectivity index is 1.73. The molecule has 19 heavy (non-hydrogen) atoms. The molecule has 0 spiro atoms. The minimum absolute atomic E-state index is 0.00253. The lowest BCUT2D eigenvalue weighted by molar-refractivity contribution is -0.185. The summed E-state index contributed by atoms with van der Waals surface area (Å²) in [6, 6.07) is 0. The molecule has 2 N–H and O–H groups in total. The maximum absolute atomic E-state index is 6.27. The Morgan fingerprint density at radius 1 is 1.32 bits per heavy atom. The molecular formula is C15H28BNO2. The maximum atomic E-state index is 6.27.